The van der Waals surface area contributed by atoms with Crippen molar-refractivity contribution in [3.05, 3.63) is 22.9 Å². The van der Waals surface area contributed by atoms with Crippen molar-refractivity contribution in [2.75, 3.05) is 0 Å². The van der Waals surface area contributed by atoms with E-state index in [2.05, 4.69) is 16.8 Å². The van der Waals surface area contributed by atoms with Crippen molar-refractivity contribution in [3.8, 4) is 0 Å². The number of allylic oxidation sites excluding steroid dienone is 2. The Kier molecular flexibility index (Phi) is 0.796. The van der Waals surface area contributed by atoms with Gasteiger partial charge < -0.3 is 5.32 Å². The summed E-state index contributed by atoms with van der Waals surface area (Å²) in [5.74, 6) is 0. The Morgan fingerprint density at radius 1 is 1.14 bits per heavy atom. The minimum absolute atomic E-state index is 1.05. The van der Waals surface area contributed by atoms with Crippen molar-refractivity contribution < 1.29 is 0 Å². The molecule has 0 bridgehead atoms. The fraction of sp³-hybridized carbons (Fsp3) is 0.333. The largest absolute Gasteiger partial charge is 0.349 e. The van der Waals surface area contributed by atoms with E-state index in [9.17, 15) is 0 Å². The van der Waals surface area contributed by atoms with Gasteiger partial charge in [-0.2, -0.15) is 0 Å². The molecule has 0 atom stereocenters. The first-order valence-electron chi connectivity index (χ1n) is 2.25. The summed E-state index contributed by atoms with van der Waals surface area (Å²) in [5.41, 5.74) is 7.88. The molecule has 1 nitrogen and oxygen atoms in total. The standard InChI is InChI=1S/C6H7N/c1-5-3-4-6(2)7-5/h7H,1-2H3. The van der Waals surface area contributed by atoms with Crippen LogP contribution in [0, 0.1) is 0 Å². The van der Waals surface area contributed by atoms with Crippen LogP contribution in [0.5, 0.6) is 0 Å². The van der Waals surface area contributed by atoms with Crippen molar-refractivity contribution in [1.82, 2.24) is 5.32 Å². The Labute approximate surface area is 43.0 Å². The summed E-state index contributed by atoms with van der Waals surface area (Å²) in [7, 11) is 0. The lowest BCUT2D eigenvalue weighted by atomic mass is 10.5. The Morgan fingerprint density at radius 2 is 1.57 bits per heavy atom. The molecule has 0 saturated carbocycles. The molecule has 1 N–H and O–H groups in total. The molecule has 0 unspecified atom stereocenters. The van der Waals surface area contributed by atoms with E-state index in [1.165, 1.54) is 0 Å². The Bertz CT molecular complexity index is 156. The maximum absolute atomic E-state index is 3.03. The number of hydrogen-bond acceptors (Lipinski definition) is 1. The third kappa shape index (κ3) is 0.747. The molecule has 0 amide bonds. The number of rotatable bonds is 0. The van der Waals surface area contributed by atoms with Crippen LogP contribution in [0.1, 0.15) is 13.8 Å². The molecule has 1 heterocycles. The molecule has 0 aliphatic carbocycles. The van der Waals surface area contributed by atoms with Crippen molar-refractivity contribution >= 4 is 0 Å². The van der Waals surface area contributed by atoms with Gasteiger partial charge in [0.05, 0.1) is 11.4 Å². The highest BCUT2D eigenvalue weighted by atomic mass is 14.9. The molecule has 7 heavy (non-hydrogen) atoms. The van der Waals surface area contributed by atoms with E-state index in [1.807, 2.05) is 13.8 Å². The van der Waals surface area contributed by atoms with E-state index >= 15 is 0 Å². The quantitative estimate of drug-likeness (QED) is 0.443. The van der Waals surface area contributed by atoms with Gasteiger partial charge in [-0.3, -0.25) is 0 Å². The van der Waals surface area contributed by atoms with Crippen LogP contribution < -0.4 is 5.32 Å². The summed E-state index contributed by atoms with van der Waals surface area (Å²) < 4.78 is 0. The third-order valence-electron chi connectivity index (χ3n) is 0.812. The second kappa shape index (κ2) is 1.31. The van der Waals surface area contributed by atoms with Gasteiger partial charge in [-0.15, -0.1) is 0 Å². The van der Waals surface area contributed by atoms with E-state index in [4.69, 9.17) is 0 Å². The summed E-state index contributed by atoms with van der Waals surface area (Å²) in [6, 6.07) is 0. The topological polar surface area (TPSA) is 12.0 Å². The SMILES string of the molecule is CC1=C=C=C(C)N1. The van der Waals surface area contributed by atoms with Gasteiger partial charge in [0.1, 0.15) is 0 Å². The van der Waals surface area contributed by atoms with Gasteiger partial charge in [0, 0.05) is 0 Å². The fourth-order valence-electron chi connectivity index (χ4n) is 0.531. The highest BCUT2D eigenvalue weighted by Crippen LogP contribution is 1.94. The van der Waals surface area contributed by atoms with Gasteiger partial charge in [0.2, 0.25) is 0 Å². The van der Waals surface area contributed by atoms with E-state index in [0.717, 1.165) is 11.4 Å². The molecular weight excluding hydrogens is 86.1 g/mol. The fourth-order valence-corrected chi connectivity index (χ4v) is 0.531. The molecular formula is C6H7N. The Hall–Kier alpha value is -0.900. The van der Waals surface area contributed by atoms with E-state index in [1.54, 1.807) is 0 Å². The van der Waals surface area contributed by atoms with Crippen LogP contribution in [0.2, 0.25) is 0 Å². The molecule has 0 aromatic carbocycles. The van der Waals surface area contributed by atoms with Crippen LogP contribution in [0.3, 0.4) is 0 Å². The normalized spacial score (nSPS) is 15.7. The Morgan fingerprint density at radius 3 is 1.71 bits per heavy atom. The summed E-state index contributed by atoms with van der Waals surface area (Å²) in [5, 5.41) is 3.03. The highest BCUT2D eigenvalue weighted by Gasteiger charge is 1.89. The first-order chi connectivity index (χ1) is 3.29. The van der Waals surface area contributed by atoms with Crippen LogP contribution in [0.4, 0.5) is 0 Å². The van der Waals surface area contributed by atoms with Crippen LogP contribution in [0.15, 0.2) is 22.9 Å². The van der Waals surface area contributed by atoms with Crippen molar-refractivity contribution in [2.45, 2.75) is 13.8 Å². The maximum Gasteiger partial charge on any atom is 0.0637 e. The van der Waals surface area contributed by atoms with Crippen LogP contribution in [-0.2, 0) is 0 Å². The highest BCUT2D eigenvalue weighted by molar-refractivity contribution is 5.13. The predicted octanol–water partition coefficient (Wildman–Crippen LogP) is 1.15. The lowest BCUT2D eigenvalue weighted by Crippen LogP contribution is -2.01. The van der Waals surface area contributed by atoms with Crippen LogP contribution in [0.25, 0.3) is 0 Å². The minimum Gasteiger partial charge on any atom is -0.349 e. The van der Waals surface area contributed by atoms with Gasteiger partial charge >= 0.3 is 0 Å². The second-order valence-corrected chi connectivity index (χ2v) is 1.62. The molecule has 0 aromatic rings. The van der Waals surface area contributed by atoms with E-state index in [0.29, 0.717) is 0 Å². The maximum atomic E-state index is 3.03. The number of nitrogens with one attached hydrogen (secondary N) is 1. The summed E-state index contributed by atoms with van der Waals surface area (Å²) in [6.07, 6.45) is 0. The molecule has 0 fully saturated rings. The summed E-state index contributed by atoms with van der Waals surface area (Å²) in [6.45, 7) is 3.92. The van der Waals surface area contributed by atoms with Gasteiger partial charge in [-0.05, 0) is 25.3 Å². The first-order valence-corrected chi connectivity index (χ1v) is 2.25. The van der Waals surface area contributed by atoms with Gasteiger partial charge in [0.25, 0.3) is 0 Å². The first kappa shape index (κ1) is 4.26. The molecule has 36 valence electrons. The summed E-state index contributed by atoms with van der Waals surface area (Å²) >= 11 is 0. The predicted molar refractivity (Wildman–Crippen MR) is 28.5 cm³/mol. The second-order valence-electron chi connectivity index (χ2n) is 1.62. The van der Waals surface area contributed by atoms with Crippen LogP contribution in [-0.4, -0.2) is 0 Å². The molecule has 1 aliphatic heterocycles. The van der Waals surface area contributed by atoms with Crippen LogP contribution >= 0.6 is 0 Å². The van der Waals surface area contributed by atoms with Crippen molar-refractivity contribution in [1.29, 1.82) is 0 Å². The zero-order valence-corrected chi connectivity index (χ0v) is 4.50. The van der Waals surface area contributed by atoms with E-state index < -0.39 is 0 Å². The van der Waals surface area contributed by atoms with Gasteiger partial charge in [-0.1, -0.05) is 0 Å². The minimum atomic E-state index is 1.05. The van der Waals surface area contributed by atoms with Crippen molar-refractivity contribution in [2.24, 2.45) is 0 Å². The Balaban J connectivity index is 3.04. The third-order valence-corrected chi connectivity index (χ3v) is 0.812. The van der Waals surface area contributed by atoms with E-state index in [-0.39, 0.29) is 0 Å². The average Bonchev–Trinajstić information content (AvgIpc) is 1.87. The monoisotopic (exact) mass is 93.1 g/mol. The molecule has 0 radical (unpaired) electrons. The molecule has 1 heteroatoms. The molecule has 1 aliphatic rings. The molecule has 0 saturated heterocycles. The zero-order chi connectivity index (χ0) is 5.28. The lowest BCUT2D eigenvalue weighted by Gasteiger charge is -1.92. The lowest BCUT2D eigenvalue weighted by molar-refractivity contribution is 0.997. The van der Waals surface area contributed by atoms with Crippen molar-refractivity contribution in [3.63, 3.8) is 0 Å². The van der Waals surface area contributed by atoms with Gasteiger partial charge in [-0.25, -0.2) is 0 Å². The number of hydrogen-bond donors (Lipinski definition) is 1. The molecule has 0 spiro atoms. The van der Waals surface area contributed by atoms with Gasteiger partial charge in [0.15, 0.2) is 0 Å². The smallest absolute Gasteiger partial charge is 0.0637 e. The average molecular weight is 93.1 g/mol. The molecule has 1 rings (SSSR count). The molecule has 0 aromatic heterocycles. The summed E-state index contributed by atoms with van der Waals surface area (Å²) in [4.78, 5) is 0. The zero-order valence-electron chi connectivity index (χ0n) is 4.50.